The molecule has 2 N–H and O–H groups in total. The van der Waals surface area contributed by atoms with Gasteiger partial charge >= 0.3 is 0 Å². The third kappa shape index (κ3) is 1.56. The van der Waals surface area contributed by atoms with Crippen molar-refractivity contribution in [3.63, 3.8) is 0 Å². The van der Waals surface area contributed by atoms with Crippen molar-refractivity contribution in [1.82, 2.24) is 9.55 Å². The molecule has 0 radical (unpaired) electrons. The van der Waals surface area contributed by atoms with Gasteiger partial charge in [0.15, 0.2) is 5.82 Å². The van der Waals surface area contributed by atoms with Crippen molar-refractivity contribution in [1.29, 1.82) is 0 Å². The van der Waals surface area contributed by atoms with Gasteiger partial charge in [-0.25, -0.2) is 4.98 Å². The van der Waals surface area contributed by atoms with Crippen LogP contribution in [0.5, 0.6) is 0 Å². The van der Waals surface area contributed by atoms with Crippen LogP contribution in [-0.4, -0.2) is 9.55 Å². The van der Waals surface area contributed by atoms with Gasteiger partial charge in [0, 0.05) is 11.7 Å². The second kappa shape index (κ2) is 3.20. The molecule has 0 amide bonds. The fourth-order valence-corrected chi connectivity index (χ4v) is 1.38. The van der Waals surface area contributed by atoms with Crippen molar-refractivity contribution >= 4 is 5.82 Å². The number of rotatable bonds is 1. The lowest BCUT2D eigenvalue weighted by Gasteiger charge is -2.15. The molecule has 1 rings (SSSR count). The molecule has 1 aromatic heterocycles. The number of hydrogen-bond donors (Lipinski definition) is 1. The molecule has 4 nitrogen and oxygen atoms in total. The van der Waals surface area contributed by atoms with E-state index in [-0.39, 0.29) is 17.4 Å². The third-order valence-electron chi connectivity index (χ3n) is 2.13. The number of nitrogens with two attached hydrogens (primary N) is 1. The molecule has 1 aromatic rings. The Balaban J connectivity index is 3.56. The van der Waals surface area contributed by atoms with Crippen LogP contribution in [0.4, 0.5) is 5.82 Å². The Morgan fingerprint density at radius 3 is 2.38 bits per heavy atom. The molecule has 0 spiro atoms. The minimum Gasteiger partial charge on any atom is -0.379 e. The molecule has 13 heavy (non-hydrogen) atoms. The largest absolute Gasteiger partial charge is 0.379 e. The van der Waals surface area contributed by atoms with Crippen molar-refractivity contribution in [3.05, 3.63) is 21.7 Å². The monoisotopic (exact) mass is 181 g/mol. The maximum atomic E-state index is 11.6. The lowest BCUT2D eigenvalue weighted by molar-refractivity contribution is 0.556. The van der Waals surface area contributed by atoms with Crippen LogP contribution in [0.15, 0.2) is 4.79 Å². The summed E-state index contributed by atoms with van der Waals surface area (Å²) in [5, 5.41) is 0. The van der Waals surface area contributed by atoms with E-state index in [1.807, 2.05) is 27.7 Å². The normalized spacial score (nSPS) is 10.8. The molecule has 0 aliphatic heterocycles. The zero-order chi connectivity index (χ0) is 10.2. The Morgan fingerprint density at radius 2 is 1.92 bits per heavy atom. The molecule has 0 aromatic carbocycles. The van der Waals surface area contributed by atoms with Crippen molar-refractivity contribution < 1.29 is 0 Å². The van der Waals surface area contributed by atoms with E-state index >= 15 is 0 Å². The summed E-state index contributed by atoms with van der Waals surface area (Å²) < 4.78 is 1.66. The van der Waals surface area contributed by atoms with Crippen molar-refractivity contribution in [2.75, 3.05) is 5.73 Å². The predicted molar refractivity (Wildman–Crippen MR) is 52.8 cm³/mol. The smallest absolute Gasteiger partial charge is 0.293 e. The average molecular weight is 181 g/mol. The lowest BCUT2D eigenvalue weighted by atomic mass is 10.3. The van der Waals surface area contributed by atoms with Gasteiger partial charge in [-0.2, -0.15) is 0 Å². The first-order valence-electron chi connectivity index (χ1n) is 4.30. The van der Waals surface area contributed by atoms with E-state index in [2.05, 4.69) is 4.98 Å². The first kappa shape index (κ1) is 9.77. The highest BCUT2D eigenvalue weighted by Crippen LogP contribution is 2.08. The minimum atomic E-state index is -0.196. The number of nitrogen functional groups attached to an aromatic ring is 1. The lowest BCUT2D eigenvalue weighted by Crippen LogP contribution is -2.28. The summed E-state index contributed by atoms with van der Waals surface area (Å²) in [5.41, 5.74) is 6.98. The average Bonchev–Trinajstić information content (AvgIpc) is 2.01. The molecule has 1 heterocycles. The predicted octanol–water partition coefficient (Wildman–Crippen LogP) is 1.02. The topological polar surface area (TPSA) is 60.9 Å². The van der Waals surface area contributed by atoms with Gasteiger partial charge in [-0.3, -0.25) is 4.79 Å². The van der Waals surface area contributed by atoms with Gasteiger partial charge in [0.25, 0.3) is 5.56 Å². The Labute approximate surface area is 77.4 Å². The summed E-state index contributed by atoms with van der Waals surface area (Å²) in [6.07, 6.45) is 0. The highest BCUT2D eigenvalue weighted by Gasteiger charge is 2.10. The second-order valence-corrected chi connectivity index (χ2v) is 3.44. The molecule has 0 bridgehead atoms. The van der Waals surface area contributed by atoms with E-state index in [1.54, 1.807) is 4.57 Å². The fourth-order valence-electron chi connectivity index (χ4n) is 1.38. The van der Waals surface area contributed by atoms with Crippen LogP contribution in [-0.2, 0) is 0 Å². The van der Waals surface area contributed by atoms with E-state index < -0.39 is 0 Å². The molecular weight excluding hydrogens is 166 g/mol. The van der Waals surface area contributed by atoms with Crippen LogP contribution in [0.3, 0.4) is 0 Å². The summed E-state index contributed by atoms with van der Waals surface area (Å²) in [6.45, 7) is 7.63. The van der Waals surface area contributed by atoms with E-state index in [9.17, 15) is 4.79 Å². The molecule has 0 fully saturated rings. The fraction of sp³-hybridized carbons (Fsp3) is 0.556. The minimum absolute atomic E-state index is 0.0804. The van der Waals surface area contributed by atoms with Gasteiger partial charge in [-0.1, -0.05) is 0 Å². The molecule has 0 aliphatic rings. The number of aryl methyl sites for hydroxylation is 1. The van der Waals surface area contributed by atoms with Crippen LogP contribution in [0.25, 0.3) is 0 Å². The number of anilines is 1. The maximum Gasteiger partial charge on any atom is 0.293 e. The molecular formula is C9H15N3O. The van der Waals surface area contributed by atoms with Crippen LogP contribution in [0, 0.1) is 13.8 Å². The Bertz CT molecular complexity index is 379. The Kier molecular flexibility index (Phi) is 2.40. The number of nitrogens with zero attached hydrogens (tertiary/aromatic N) is 2. The van der Waals surface area contributed by atoms with Gasteiger partial charge in [0.1, 0.15) is 0 Å². The van der Waals surface area contributed by atoms with Gasteiger partial charge in [0.2, 0.25) is 0 Å². The molecule has 4 heteroatoms. The highest BCUT2D eigenvalue weighted by molar-refractivity contribution is 5.28. The Hall–Kier alpha value is -1.32. The summed E-state index contributed by atoms with van der Waals surface area (Å²) in [4.78, 5) is 15.5. The van der Waals surface area contributed by atoms with Crippen LogP contribution < -0.4 is 11.3 Å². The number of aromatic nitrogens is 2. The first-order chi connectivity index (χ1) is 5.95. The van der Waals surface area contributed by atoms with Gasteiger partial charge in [-0.05, 0) is 27.7 Å². The van der Waals surface area contributed by atoms with Crippen molar-refractivity contribution in [3.8, 4) is 0 Å². The summed E-state index contributed by atoms with van der Waals surface area (Å²) >= 11 is 0. The van der Waals surface area contributed by atoms with E-state index in [0.29, 0.717) is 0 Å². The number of hydrogen-bond acceptors (Lipinski definition) is 3. The van der Waals surface area contributed by atoms with E-state index in [1.165, 1.54) is 0 Å². The molecule has 0 atom stereocenters. The van der Waals surface area contributed by atoms with Crippen LogP contribution in [0.1, 0.15) is 31.3 Å². The zero-order valence-corrected chi connectivity index (χ0v) is 8.46. The third-order valence-corrected chi connectivity index (χ3v) is 2.13. The van der Waals surface area contributed by atoms with E-state index in [4.69, 9.17) is 5.73 Å². The Morgan fingerprint density at radius 1 is 1.38 bits per heavy atom. The molecule has 0 unspecified atom stereocenters. The SMILES string of the molecule is Cc1nc(N)c(=O)n(C(C)C)c1C. The van der Waals surface area contributed by atoms with Gasteiger partial charge in [-0.15, -0.1) is 0 Å². The molecule has 72 valence electrons. The standard InChI is InChI=1S/C9H15N3O/c1-5(2)12-7(4)6(3)11-8(10)9(12)13/h5H,1-4H3,(H2,10,11). The summed E-state index contributed by atoms with van der Waals surface area (Å²) in [6, 6.07) is 0.122. The zero-order valence-electron chi connectivity index (χ0n) is 8.46. The van der Waals surface area contributed by atoms with Gasteiger partial charge in [0.05, 0.1) is 5.69 Å². The highest BCUT2D eigenvalue weighted by atomic mass is 16.1. The summed E-state index contributed by atoms with van der Waals surface area (Å²) in [5.74, 6) is 0.0804. The van der Waals surface area contributed by atoms with Crippen LogP contribution in [0.2, 0.25) is 0 Å². The maximum absolute atomic E-state index is 11.6. The van der Waals surface area contributed by atoms with Crippen LogP contribution >= 0.6 is 0 Å². The second-order valence-electron chi connectivity index (χ2n) is 3.44. The summed E-state index contributed by atoms with van der Waals surface area (Å²) in [7, 11) is 0. The quantitative estimate of drug-likeness (QED) is 0.703. The molecule has 0 saturated heterocycles. The molecule has 0 saturated carbocycles. The molecule has 0 aliphatic carbocycles. The van der Waals surface area contributed by atoms with Gasteiger partial charge < -0.3 is 10.3 Å². The van der Waals surface area contributed by atoms with E-state index in [0.717, 1.165) is 11.4 Å². The van der Waals surface area contributed by atoms with Crippen molar-refractivity contribution in [2.45, 2.75) is 33.7 Å². The first-order valence-corrected chi connectivity index (χ1v) is 4.30. The van der Waals surface area contributed by atoms with Crippen molar-refractivity contribution in [2.24, 2.45) is 0 Å².